The van der Waals surface area contributed by atoms with Gasteiger partial charge in [0.25, 0.3) is 0 Å². The summed E-state index contributed by atoms with van der Waals surface area (Å²) in [4.78, 5) is 11.7. The summed E-state index contributed by atoms with van der Waals surface area (Å²) >= 11 is 0. The maximum atomic E-state index is 11.7. The summed E-state index contributed by atoms with van der Waals surface area (Å²) in [6.45, 7) is 0.887. The van der Waals surface area contributed by atoms with Crippen LogP contribution in [0.15, 0.2) is 30.3 Å². The van der Waals surface area contributed by atoms with Gasteiger partial charge in [-0.3, -0.25) is 4.79 Å². The molecule has 1 amide bonds. The van der Waals surface area contributed by atoms with Gasteiger partial charge in [0, 0.05) is 24.5 Å². The Morgan fingerprint density at radius 2 is 1.89 bits per heavy atom. The smallest absolute Gasteiger partial charge is 0.223 e. The Morgan fingerprint density at radius 1 is 1.11 bits per heavy atom. The molecular weight excluding hydrogens is 224 g/mol. The average Bonchev–Trinajstić information content (AvgIpc) is 3.25. The minimum Gasteiger partial charge on any atom is -0.352 e. The molecule has 1 saturated heterocycles. The van der Waals surface area contributed by atoms with Crippen LogP contribution in [-0.2, 0) is 4.79 Å². The molecule has 1 heterocycles. The highest BCUT2D eigenvalue weighted by atomic mass is 16.2. The molecule has 0 radical (unpaired) electrons. The molecule has 3 rings (SSSR count). The van der Waals surface area contributed by atoms with Crippen molar-refractivity contribution in [1.29, 1.82) is 0 Å². The first-order valence-electron chi connectivity index (χ1n) is 6.91. The molecule has 2 atom stereocenters. The van der Waals surface area contributed by atoms with E-state index in [2.05, 4.69) is 34.9 Å². The molecule has 0 spiro atoms. The first-order valence-corrected chi connectivity index (χ1v) is 6.91. The summed E-state index contributed by atoms with van der Waals surface area (Å²) in [5.74, 6) is 0.580. The molecule has 2 fully saturated rings. The first kappa shape index (κ1) is 11.7. The number of nitrogens with one attached hydrogen (secondary N) is 2. The molecule has 18 heavy (non-hydrogen) atoms. The third-order valence-electron chi connectivity index (χ3n) is 3.91. The predicted molar refractivity (Wildman–Crippen MR) is 71.1 cm³/mol. The topological polar surface area (TPSA) is 41.1 Å². The zero-order valence-corrected chi connectivity index (χ0v) is 10.6. The van der Waals surface area contributed by atoms with Crippen LogP contribution in [0.4, 0.5) is 0 Å². The van der Waals surface area contributed by atoms with Gasteiger partial charge >= 0.3 is 0 Å². The van der Waals surface area contributed by atoms with Crippen LogP contribution < -0.4 is 10.6 Å². The number of hydrogen-bond acceptors (Lipinski definition) is 2. The molecule has 1 aliphatic carbocycles. The van der Waals surface area contributed by atoms with Crippen LogP contribution in [0.2, 0.25) is 0 Å². The second-order valence-corrected chi connectivity index (χ2v) is 5.43. The van der Waals surface area contributed by atoms with Gasteiger partial charge in [0.15, 0.2) is 0 Å². The first-order chi connectivity index (χ1) is 8.83. The normalized spacial score (nSPS) is 27.8. The Bertz CT molecular complexity index is 406. The van der Waals surface area contributed by atoms with Crippen molar-refractivity contribution in [2.24, 2.45) is 5.92 Å². The highest BCUT2D eigenvalue weighted by Gasteiger charge is 2.32. The van der Waals surface area contributed by atoms with Crippen LogP contribution in [-0.4, -0.2) is 18.5 Å². The van der Waals surface area contributed by atoms with Gasteiger partial charge in [-0.15, -0.1) is 0 Å². The van der Waals surface area contributed by atoms with E-state index in [1.54, 1.807) is 0 Å². The third kappa shape index (κ3) is 2.72. The van der Waals surface area contributed by atoms with Crippen LogP contribution >= 0.6 is 0 Å². The van der Waals surface area contributed by atoms with Crippen molar-refractivity contribution in [2.75, 3.05) is 6.54 Å². The molecular formula is C15H20N2O. The van der Waals surface area contributed by atoms with Crippen LogP contribution in [0, 0.1) is 5.92 Å². The highest BCUT2D eigenvalue weighted by molar-refractivity contribution is 5.81. The average molecular weight is 244 g/mol. The van der Waals surface area contributed by atoms with Crippen LogP contribution in [0.25, 0.3) is 0 Å². The number of benzene rings is 1. The van der Waals surface area contributed by atoms with Crippen molar-refractivity contribution < 1.29 is 4.79 Å². The summed E-state index contributed by atoms with van der Waals surface area (Å²) in [5, 5.41) is 6.69. The van der Waals surface area contributed by atoms with E-state index >= 15 is 0 Å². The van der Waals surface area contributed by atoms with Gasteiger partial charge in [-0.25, -0.2) is 0 Å². The number of amides is 1. The zero-order valence-electron chi connectivity index (χ0n) is 10.6. The molecule has 0 aromatic heterocycles. The largest absolute Gasteiger partial charge is 0.352 e. The molecule has 1 aromatic carbocycles. The van der Waals surface area contributed by atoms with Gasteiger partial charge in [-0.1, -0.05) is 30.3 Å². The Kier molecular flexibility index (Phi) is 3.33. The van der Waals surface area contributed by atoms with E-state index in [0.29, 0.717) is 18.0 Å². The molecule has 0 bridgehead atoms. The van der Waals surface area contributed by atoms with Crippen LogP contribution in [0.1, 0.15) is 37.3 Å². The molecule has 2 unspecified atom stereocenters. The summed E-state index contributed by atoms with van der Waals surface area (Å²) in [6, 6.07) is 11.3. The molecule has 1 saturated carbocycles. The lowest BCUT2D eigenvalue weighted by Gasteiger charge is -2.30. The maximum Gasteiger partial charge on any atom is 0.223 e. The molecule has 96 valence electrons. The Labute approximate surface area is 108 Å². The molecule has 1 aliphatic heterocycles. The quantitative estimate of drug-likeness (QED) is 0.854. The van der Waals surface area contributed by atoms with E-state index in [1.165, 1.54) is 5.56 Å². The van der Waals surface area contributed by atoms with E-state index in [-0.39, 0.29) is 5.91 Å². The maximum absolute atomic E-state index is 11.7. The minimum atomic E-state index is 0.264. The van der Waals surface area contributed by atoms with Crippen LogP contribution in [0.5, 0.6) is 0 Å². The molecule has 3 heteroatoms. The van der Waals surface area contributed by atoms with Crippen molar-refractivity contribution in [3.8, 4) is 0 Å². The summed E-state index contributed by atoms with van der Waals surface area (Å²) in [6.07, 6.45) is 4.34. The fourth-order valence-corrected chi connectivity index (χ4v) is 2.61. The third-order valence-corrected chi connectivity index (χ3v) is 3.91. The van der Waals surface area contributed by atoms with Crippen molar-refractivity contribution in [3.63, 3.8) is 0 Å². The fourth-order valence-electron chi connectivity index (χ4n) is 2.61. The van der Waals surface area contributed by atoms with Gasteiger partial charge < -0.3 is 10.6 Å². The lowest BCUT2D eigenvalue weighted by molar-refractivity contribution is -0.123. The second-order valence-electron chi connectivity index (χ2n) is 5.43. The fraction of sp³-hybridized carbons (Fsp3) is 0.533. The standard InChI is InChI=1S/C15H20N2O/c18-15(12-6-7-12)17-13-8-9-14(16-10-13)11-4-2-1-3-5-11/h1-5,12-14,16H,6-10H2,(H,17,18). The Balaban J connectivity index is 1.50. The summed E-state index contributed by atoms with van der Waals surface area (Å²) in [5.41, 5.74) is 1.35. The molecule has 2 N–H and O–H groups in total. The van der Waals surface area contributed by atoms with E-state index in [0.717, 1.165) is 32.2 Å². The van der Waals surface area contributed by atoms with Crippen LogP contribution in [0.3, 0.4) is 0 Å². The second kappa shape index (κ2) is 5.11. The van der Waals surface area contributed by atoms with E-state index in [4.69, 9.17) is 0 Å². The summed E-state index contributed by atoms with van der Waals surface area (Å²) < 4.78 is 0. The lowest BCUT2D eigenvalue weighted by atomic mass is 9.95. The minimum absolute atomic E-state index is 0.264. The zero-order chi connectivity index (χ0) is 12.4. The van der Waals surface area contributed by atoms with Gasteiger partial charge in [-0.05, 0) is 31.2 Å². The van der Waals surface area contributed by atoms with Crippen molar-refractivity contribution >= 4 is 5.91 Å². The SMILES string of the molecule is O=C(NC1CCC(c2ccccc2)NC1)C1CC1. The van der Waals surface area contributed by atoms with Gasteiger partial charge in [0.05, 0.1) is 0 Å². The summed E-state index contributed by atoms with van der Waals surface area (Å²) in [7, 11) is 0. The molecule has 2 aliphatic rings. The highest BCUT2D eigenvalue weighted by Crippen LogP contribution is 2.29. The number of carbonyl (C=O) groups excluding carboxylic acids is 1. The van der Waals surface area contributed by atoms with Crippen molar-refractivity contribution in [3.05, 3.63) is 35.9 Å². The number of carbonyl (C=O) groups is 1. The Morgan fingerprint density at radius 3 is 2.50 bits per heavy atom. The van der Waals surface area contributed by atoms with E-state index in [1.807, 2.05) is 6.07 Å². The number of rotatable bonds is 3. The van der Waals surface area contributed by atoms with Crippen molar-refractivity contribution in [1.82, 2.24) is 10.6 Å². The van der Waals surface area contributed by atoms with Crippen molar-refractivity contribution in [2.45, 2.75) is 37.8 Å². The molecule has 1 aromatic rings. The van der Waals surface area contributed by atoms with E-state index < -0.39 is 0 Å². The predicted octanol–water partition coefficient (Wildman–Crippen LogP) is 2.01. The lowest BCUT2D eigenvalue weighted by Crippen LogP contribution is -2.47. The Hall–Kier alpha value is -1.35. The van der Waals surface area contributed by atoms with Gasteiger partial charge in [0.2, 0.25) is 5.91 Å². The number of hydrogen-bond donors (Lipinski definition) is 2. The van der Waals surface area contributed by atoms with E-state index in [9.17, 15) is 4.79 Å². The molecule has 3 nitrogen and oxygen atoms in total. The monoisotopic (exact) mass is 244 g/mol. The van der Waals surface area contributed by atoms with Gasteiger partial charge in [0.1, 0.15) is 0 Å². The van der Waals surface area contributed by atoms with Gasteiger partial charge in [-0.2, -0.15) is 0 Å². The number of piperidine rings is 1.